The lowest BCUT2D eigenvalue weighted by Gasteiger charge is -2.55. The van der Waals surface area contributed by atoms with Crippen LogP contribution in [0.3, 0.4) is 0 Å². The molecular weight excluding hydrogens is 310 g/mol. The van der Waals surface area contributed by atoms with Gasteiger partial charge in [-0.1, -0.05) is 42.5 Å². The predicted octanol–water partition coefficient (Wildman–Crippen LogP) is 3.61. The second kappa shape index (κ2) is 6.81. The molecule has 2 aromatic rings. The van der Waals surface area contributed by atoms with E-state index in [2.05, 4.69) is 35.2 Å². The highest BCUT2D eigenvalue weighted by Crippen LogP contribution is 2.47. The highest BCUT2D eigenvalue weighted by Gasteiger charge is 2.50. The maximum absolute atomic E-state index is 11.5. The van der Waals surface area contributed by atoms with Gasteiger partial charge in [-0.3, -0.25) is 4.90 Å². The standard InChI is InChI=1S/C22H27NO2/c1-25-20-9-5-6-17(14-20)12-13-23-16-18-10-11-21(23)22(24,15-18)19-7-3-2-4-8-19/h2-9,14,18,21,24H,10-13,15-16H2,1H3. The Balaban J connectivity index is 1.51. The van der Waals surface area contributed by atoms with E-state index in [-0.39, 0.29) is 6.04 Å². The average Bonchev–Trinajstić information content (AvgIpc) is 2.67. The molecule has 2 aromatic carbocycles. The van der Waals surface area contributed by atoms with Crippen molar-refractivity contribution >= 4 is 0 Å². The largest absolute Gasteiger partial charge is 0.497 e. The number of rotatable bonds is 5. The van der Waals surface area contributed by atoms with Crippen molar-refractivity contribution in [3.8, 4) is 5.75 Å². The minimum Gasteiger partial charge on any atom is -0.497 e. The Morgan fingerprint density at radius 1 is 1.12 bits per heavy atom. The molecule has 0 aromatic heterocycles. The van der Waals surface area contributed by atoms with Crippen LogP contribution in [0, 0.1) is 5.92 Å². The third-order valence-corrected chi connectivity index (χ3v) is 6.03. The van der Waals surface area contributed by atoms with E-state index in [0.717, 1.165) is 43.7 Å². The summed E-state index contributed by atoms with van der Waals surface area (Å²) in [5, 5.41) is 11.5. The molecular formula is C22H27NO2. The molecule has 3 nitrogen and oxygen atoms in total. The van der Waals surface area contributed by atoms with E-state index < -0.39 is 5.60 Å². The van der Waals surface area contributed by atoms with Crippen molar-refractivity contribution < 1.29 is 9.84 Å². The average molecular weight is 337 g/mol. The van der Waals surface area contributed by atoms with Crippen molar-refractivity contribution in [2.24, 2.45) is 5.92 Å². The third kappa shape index (κ3) is 3.19. The van der Waals surface area contributed by atoms with Crippen LogP contribution in [0.4, 0.5) is 0 Å². The van der Waals surface area contributed by atoms with Gasteiger partial charge in [-0.2, -0.15) is 0 Å². The van der Waals surface area contributed by atoms with Gasteiger partial charge in [-0.15, -0.1) is 0 Å². The van der Waals surface area contributed by atoms with E-state index in [9.17, 15) is 5.11 Å². The van der Waals surface area contributed by atoms with Crippen molar-refractivity contribution in [2.75, 3.05) is 20.2 Å². The number of piperidine rings is 2. The lowest BCUT2D eigenvalue weighted by atomic mass is 9.67. The van der Waals surface area contributed by atoms with Gasteiger partial charge in [0.2, 0.25) is 0 Å². The zero-order chi connectivity index (χ0) is 17.3. The van der Waals surface area contributed by atoms with Gasteiger partial charge < -0.3 is 9.84 Å². The van der Waals surface area contributed by atoms with Gasteiger partial charge in [-0.25, -0.2) is 0 Å². The lowest BCUT2D eigenvalue weighted by Crippen LogP contribution is -2.61. The van der Waals surface area contributed by atoms with Crippen LogP contribution in [-0.2, 0) is 12.0 Å². The topological polar surface area (TPSA) is 32.7 Å². The number of nitrogens with zero attached hydrogens (tertiary/aromatic N) is 1. The fraction of sp³-hybridized carbons (Fsp3) is 0.455. The fourth-order valence-electron chi connectivity index (χ4n) is 4.79. The molecule has 3 aliphatic rings. The van der Waals surface area contributed by atoms with Crippen molar-refractivity contribution in [3.05, 3.63) is 65.7 Å². The van der Waals surface area contributed by atoms with E-state index in [1.807, 2.05) is 24.3 Å². The number of benzene rings is 2. The van der Waals surface area contributed by atoms with Gasteiger partial charge in [0.25, 0.3) is 0 Å². The quantitative estimate of drug-likeness (QED) is 0.905. The summed E-state index contributed by atoms with van der Waals surface area (Å²) in [7, 11) is 1.71. The molecule has 25 heavy (non-hydrogen) atoms. The maximum Gasteiger partial charge on any atom is 0.119 e. The maximum atomic E-state index is 11.5. The molecule has 5 rings (SSSR count). The van der Waals surface area contributed by atoms with Gasteiger partial charge in [-0.05, 0) is 54.9 Å². The monoisotopic (exact) mass is 337 g/mol. The Bertz CT molecular complexity index is 717. The van der Waals surface area contributed by atoms with Crippen LogP contribution >= 0.6 is 0 Å². The molecule has 3 atom stereocenters. The first kappa shape index (κ1) is 16.6. The first-order valence-corrected chi connectivity index (χ1v) is 9.34. The predicted molar refractivity (Wildman–Crippen MR) is 99.7 cm³/mol. The zero-order valence-corrected chi connectivity index (χ0v) is 14.9. The summed E-state index contributed by atoms with van der Waals surface area (Å²) in [6.07, 6.45) is 4.23. The summed E-state index contributed by atoms with van der Waals surface area (Å²) < 4.78 is 5.33. The summed E-state index contributed by atoms with van der Waals surface area (Å²) in [5.74, 6) is 1.51. The number of methoxy groups -OCH3 is 1. The molecule has 3 fully saturated rings. The van der Waals surface area contributed by atoms with Gasteiger partial charge >= 0.3 is 0 Å². The van der Waals surface area contributed by atoms with E-state index >= 15 is 0 Å². The first-order chi connectivity index (χ1) is 12.2. The highest BCUT2D eigenvalue weighted by atomic mass is 16.5. The van der Waals surface area contributed by atoms with Crippen LogP contribution in [0.25, 0.3) is 0 Å². The zero-order valence-electron chi connectivity index (χ0n) is 14.9. The summed E-state index contributed by atoms with van der Waals surface area (Å²) in [6.45, 7) is 2.10. The van der Waals surface area contributed by atoms with Gasteiger partial charge in [0.15, 0.2) is 0 Å². The molecule has 2 saturated heterocycles. The molecule has 0 radical (unpaired) electrons. The van der Waals surface area contributed by atoms with Gasteiger partial charge in [0.1, 0.15) is 11.4 Å². The summed E-state index contributed by atoms with van der Waals surface area (Å²) in [6, 6.07) is 18.8. The van der Waals surface area contributed by atoms with E-state index in [0.29, 0.717) is 5.92 Å². The van der Waals surface area contributed by atoms with E-state index in [1.165, 1.54) is 12.0 Å². The van der Waals surface area contributed by atoms with Crippen molar-refractivity contribution in [1.82, 2.24) is 4.90 Å². The molecule has 1 N–H and O–H groups in total. The van der Waals surface area contributed by atoms with Crippen LogP contribution in [0.1, 0.15) is 30.4 Å². The fourth-order valence-corrected chi connectivity index (χ4v) is 4.79. The Kier molecular flexibility index (Phi) is 4.53. The van der Waals surface area contributed by atoms with Crippen LogP contribution in [0.15, 0.2) is 54.6 Å². The highest BCUT2D eigenvalue weighted by molar-refractivity contribution is 5.29. The summed E-state index contributed by atoms with van der Waals surface area (Å²) >= 11 is 0. The molecule has 2 aliphatic heterocycles. The van der Waals surface area contributed by atoms with Crippen molar-refractivity contribution in [1.29, 1.82) is 0 Å². The van der Waals surface area contributed by atoms with Crippen molar-refractivity contribution in [2.45, 2.75) is 37.3 Å². The molecule has 2 bridgehead atoms. The Hall–Kier alpha value is -1.84. The van der Waals surface area contributed by atoms with Gasteiger partial charge in [0, 0.05) is 19.1 Å². The Morgan fingerprint density at radius 3 is 2.72 bits per heavy atom. The number of ether oxygens (including phenoxy) is 1. The van der Waals surface area contributed by atoms with Gasteiger partial charge in [0.05, 0.1) is 7.11 Å². The van der Waals surface area contributed by atoms with Crippen molar-refractivity contribution in [3.63, 3.8) is 0 Å². The first-order valence-electron chi connectivity index (χ1n) is 9.34. The third-order valence-electron chi connectivity index (χ3n) is 6.03. The molecule has 0 spiro atoms. The van der Waals surface area contributed by atoms with Crippen LogP contribution in [0.2, 0.25) is 0 Å². The minimum absolute atomic E-state index is 0.227. The number of fused-ring (bicyclic) bond motifs is 3. The Morgan fingerprint density at radius 2 is 1.96 bits per heavy atom. The number of aliphatic hydroxyl groups is 1. The molecule has 0 amide bonds. The molecule has 1 aliphatic carbocycles. The number of hydrogen-bond acceptors (Lipinski definition) is 3. The SMILES string of the molecule is COc1cccc(CCN2CC3CCC2C(O)(c2ccccc2)C3)c1. The second-order valence-electron chi connectivity index (χ2n) is 7.55. The van der Waals surface area contributed by atoms with Crippen LogP contribution in [0.5, 0.6) is 5.75 Å². The summed E-state index contributed by atoms with van der Waals surface area (Å²) in [4.78, 5) is 2.52. The smallest absolute Gasteiger partial charge is 0.119 e. The lowest BCUT2D eigenvalue weighted by molar-refractivity contribution is -0.137. The van der Waals surface area contributed by atoms with Crippen LogP contribution < -0.4 is 4.74 Å². The molecule has 1 saturated carbocycles. The number of hydrogen-bond donors (Lipinski definition) is 1. The molecule has 3 unspecified atom stereocenters. The minimum atomic E-state index is -0.698. The summed E-state index contributed by atoms with van der Waals surface area (Å²) in [5.41, 5.74) is 1.68. The molecule has 3 heteroatoms. The van der Waals surface area contributed by atoms with E-state index in [1.54, 1.807) is 7.11 Å². The van der Waals surface area contributed by atoms with E-state index in [4.69, 9.17) is 4.74 Å². The Labute approximate surface area is 150 Å². The second-order valence-corrected chi connectivity index (χ2v) is 7.55. The molecule has 132 valence electrons. The normalized spacial score (nSPS) is 28.9. The van der Waals surface area contributed by atoms with Crippen LogP contribution in [-0.4, -0.2) is 36.2 Å². The molecule has 2 heterocycles.